The Labute approximate surface area is 321 Å². The van der Waals surface area contributed by atoms with Crippen molar-refractivity contribution in [1.29, 1.82) is 0 Å². The molecule has 0 fully saturated rings. The van der Waals surface area contributed by atoms with E-state index in [9.17, 15) is 9.59 Å². The molecule has 0 atom stereocenters. The zero-order chi connectivity index (χ0) is 37.1. The number of esters is 1. The van der Waals surface area contributed by atoms with Crippen LogP contribution in [0.4, 0.5) is 16.2 Å². The third-order valence-electron chi connectivity index (χ3n) is 7.91. The monoisotopic (exact) mass is 785 g/mol. The van der Waals surface area contributed by atoms with Crippen LogP contribution < -0.4 is 18.8 Å². The number of ether oxygens (including phenoxy) is 2. The van der Waals surface area contributed by atoms with Gasteiger partial charge in [0.1, 0.15) is 11.5 Å². The number of thiocarbonyl (C=S) groups is 1. The van der Waals surface area contributed by atoms with Gasteiger partial charge in [-0.3, -0.25) is 0 Å². The number of nitrogens with zero attached hydrogens (tertiary/aromatic N) is 2. The largest absolute Gasteiger partial charge is 0.542 e. The van der Waals surface area contributed by atoms with Gasteiger partial charge in [0.2, 0.25) is 8.32 Å². The highest BCUT2D eigenvalue weighted by atomic mass is 35.5. The molecule has 0 aliphatic carbocycles. The lowest BCUT2D eigenvalue weighted by Gasteiger charge is -2.28. The summed E-state index contributed by atoms with van der Waals surface area (Å²) < 4.78 is 19.1. The lowest BCUT2D eigenvalue weighted by Crippen LogP contribution is -2.35. The van der Waals surface area contributed by atoms with Crippen LogP contribution in [0.3, 0.4) is 0 Å². The number of hydrogen-bond acceptors (Lipinski definition) is 7. The average molecular weight is 787 g/mol. The molecule has 0 unspecified atom stereocenters. The van der Waals surface area contributed by atoms with Gasteiger partial charge in [-0.1, -0.05) is 113 Å². The topological polar surface area (TPSA) is 80.3 Å². The molecule has 0 aliphatic rings. The first kappa shape index (κ1) is 44.0. The van der Waals surface area contributed by atoms with Crippen LogP contribution in [-0.4, -0.2) is 56.3 Å². The number of rotatable bonds is 21. The number of halogens is 2. The minimum atomic E-state index is -2.03. The number of amides is 2. The first-order valence-corrected chi connectivity index (χ1v) is 23.3. The maximum atomic E-state index is 14.0. The highest BCUT2D eigenvalue weighted by Gasteiger charge is 2.27. The Bertz CT molecular complexity index is 1350. The number of unbranched alkanes of at least 4 members (excludes halogenated alkanes) is 11. The zero-order valence-electron chi connectivity index (χ0n) is 31.0. The zero-order valence-corrected chi connectivity index (χ0v) is 35.1. The number of hydrogen-bond donors (Lipinski definition) is 1. The summed E-state index contributed by atoms with van der Waals surface area (Å²) in [7, 11) is -0.530. The summed E-state index contributed by atoms with van der Waals surface area (Å²) in [6, 6.07) is 7.51. The normalized spacial score (nSPS) is 11.2. The molecule has 2 amide bonds. The molecule has 2 aromatic rings. The van der Waals surface area contributed by atoms with Crippen LogP contribution in [-0.2, 0) is 4.74 Å². The van der Waals surface area contributed by atoms with Crippen molar-refractivity contribution < 1.29 is 23.5 Å². The van der Waals surface area contributed by atoms with Gasteiger partial charge in [-0.2, -0.15) is 0 Å². The Hall–Kier alpha value is -2.18. The van der Waals surface area contributed by atoms with Crippen LogP contribution in [0.25, 0.3) is 0 Å². The Morgan fingerprint density at radius 1 is 0.840 bits per heavy atom. The summed E-state index contributed by atoms with van der Waals surface area (Å²) in [5.41, 5.74) is 1.00. The molecule has 1 N–H and O–H groups in total. The maximum Gasteiger partial charge on any atom is 0.338 e. The van der Waals surface area contributed by atoms with E-state index >= 15 is 0 Å². The van der Waals surface area contributed by atoms with Gasteiger partial charge in [0, 0.05) is 25.0 Å². The Morgan fingerprint density at radius 3 is 1.88 bits per heavy atom. The van der Waals surface area contributed by atoms with Crippen molar-refractivity contribution in [2.45, 2.75) is 117 Å². The van der Waals surface area contributed by atoms with Crippen molar-refractivity contribution in [3.63, 3.8) is 0 Å². The van der Waals surface area contributed by atoms with E-state index in [0.29, 0.717) is 52.5 Å². The minimum absolute atomic E-state index is 0.276. The average Bonchev–Trinajstić information content (AvgIpc) is 3.07. The molecular weight excluding hydrogens is 730 g/mol. The van der Waals surface area contributed by atoms with Crippen molar-refractivity contribution in [1.82, 2.24) is 4.90 Å². The second-order valence-electron chi connectivity index (χ2n) is 13.1. The van der Waals surface area contributed by atoms with E-state index in [1.807, 2.05) is 38.4 Å². The molecule has 2 rings (SSSR count). The molecule has 2 aromatic carbocycles. The molecule has 0 heterocycles. The van der Waals surface area contributed by atoms with E-state index in [-0.39, 0.29) is 10.0 Å². The van der Waals surface area contributed by atoms with Crippen LogP contribution in [0.1, 0.15) is 108 Å². The number of benzene rings is 2. The quantitative estimate of drug-likeness (QED) is 0.0440. The van der Waals surface area contributed by atoms with Crippen molar-refractivity contribution in [3.8, 4) is 11.5 Å². The van der Waals surface area contributed by atoms with E-state index < -0.39 is 20.3 Å². The SMILES string of the molecule is CCCCCCCCCCCCCCOC(=O)c1ccc(OC)c(NC(=O)N(SC(=S)N(CC)CC)c2cc(Cl)c(O[Si](C)(C)C)c(Cl)c2)c1. The fraction of sp³-hybridized carbons (Fsp3) is 0.595. The highest BCUT2D eigenvalue weighted by molar-refractivity contribution is 8.24. The highest BCUT2D eigenvalue weighted by Crippen LogP contribution is 2.41. The van der Waals surface area contributed by atoms with Crippen LogP contribution in [0.5, 0.6) is 11.5 Å². The Kier molecular flexibility index (Phi) is 20.6. The number of nitrogens with one attached hydrogen (secondary N) is 1. The molecule has 0 saturated heterocycles. The van der Waals surface area contributed by atoms with E-state index in [0.717, 1.165) is 31.2 Å². The summed E-state index contributed by atoms with van der Waals surface area (Å²) in [5, 5.41) is 3.44. The Morgan fingerprint density at radius 2 is 1.38 bits per heavy atom. The standard InChI is InChI=1S/C37H57Cl2N3O5S2Si/c1-8-11-12-13-14-15-16-17-18-19-20-21-24-46-35(43)28-22-23-33(45-4)32(25-28)40-36(44)42(49-37(48)41(9-2)10-3)29-26-30(38)34(31(39)27-29)47-50(5,6)7/h22-23,25-27H,8-21,24H2,1-7H3,(H,40,44). The van der Waals surface area contributed by atoms with Crippen molar-refractivity contribution in [2.75, 3.05) is 36.4 Å². The van der Waals surface area contributed by atoms with Crippen molar-refractivity contribution in [3.05, 3.63) is 45.9 Å². The number of anilines is 2. The van der Waals surface area contributed by atoms with Gasteiger partial charge in [-0.15, -0.1) is 0 Å². The lowest BCUT2D eigenvalue weighted by molar-refractivity contribution is 0.0497. The summed E-state index contributed by atoms with van der Waals surface area (Å²) in [6.07, 6.45) is 14.8. The smallest absolute Gasteiger partial charge is 0.338 e. The molecule has 0 spiro atoms. The molecule has 0 radical (unpaired) electrons. The van der Waals surface area contributed by atoms with Gasteiger partial charge in [-0.05, 0) is 70.2 Å². The van der Waals surface area contributed by atoms with Gasteiger partial charge in [0.15, 0.2) is 4.32 Å². The first-order valence-electron chi connectivity index (χ1n) is 18.0. The van der Waals surface area contributed by atoms with E-state index in [2.05, 4.69) is 12.2 Å². The van der Waals surface area contributed by atoms with Crippen molar-refractivity contribution >= 4 is 83.4 Å². The van der Waals surface area contributed by atoms with Gasteiger partial charge >= 0.3 is 12.0 Å². The molecule has 0 bridgehead atoms. The number of carbonyl (C=O) groups is 2. The maximum absolute atomic E-state index is 14.0. The summed E-state index contributed by atoms with van der Waals surface area (Å²) >= 11 is 20.1. The third-order valence-corrected chi connectivity index (χ3v) is 10.7. The molecule has 8 nitrogen and oxygen atoms in total. The summed E-state index contributed by atoms with van der Waals surface area (Å²) in [4.78, 5) is 28.9. The van der Waals surface area contributed by atoms with E-state index in [1.165, 1.54) is 69.2 Å². The van der Waals surface area contributed by atoms with Gasteiger partial charge in [-0.25, -0.2) is 13.9 Å². The van der Waals surface area contributed by atoms with Crippen molar-refractivity contribution in [2.24, 2.45) is 0 Å². The van der Waals surface area contributed by atoms with Gasteiger partial charge in [0.25, 0.3) is 0 Å². The second-order valence-corrected chi connectivity index (χ2v) is 20.0. The van der Waals surface area contributed by atoms with Crippen LogP contribution >= 0.6 is 47.4 Å². The van der Waals surface area contributed by atoms with Crippen LogP contribution in [0.15, 0.2) is 30.3 Å². The van der Waals surface area contributed by atoms with Gasteiger partial charge in [0.05, 0.1) is 40.7 Å². The predicted molar refractivity (Wildman–Crippen MR) is 219 cm³/mol. The van der Waals surface area contributed by atoms with Gasteiger partial charge < -0.3 is 24.1 Å². The number of urea groups is 1. The predicted octanol–water partition coefficient (Wildman–Crippen LogP) is 12.4. The van der Waals surface area contributed by atoms with E-state index in [4.69, 9.17) is 49.3 Å². The molecule has 13 heteroatoms. The number of carbonyl (C=O) groups excluding carboxylic acids is 2. The second kappa shape index (κ2) is 23.4. The summed E-state index contributed by atoms with van der Waals surface area (Å²) in [6.45, 7) is 14.0. The molecule has 50 heavy (non-hydrogen) atoms. The third kappa shape index (κ3) is 15.6. The van der Waals surface area contributed by atoms with E-state index in [1.54, 1.807) is 30.3 Å². The molecule has 0 aromatic heterocycles. The number of methoxy groups -OCH3 is 1. The molecule has 0 aliphatic heterocycles. The summed E-state index contributed by atoms with van der Waals surface area (Å²) in [5.74, 6) is 0.295. The van der Waals surface area contributed by atoms with Crippen LogP contribution in [0.2, 0.25) is 29.7 Å². The lowest BCUT2D eigenvalue weighted by atomic mass is 10.1. The first-order chi connectivity index (χ1) is 23.8. The molecular formula is C37H57Cl2N3O5S2Si. The fourth-order valence-corrected chi connectivity index (χ4v) is 8.05. The molecule has 280 valence electrons. The Balaban J connectivity index is 2.09. The van der Waals surface area contributed by atoms with Crippen LogP contribution in [0, 0.1) is 0 Å². The minimum Gasteiger partial charge on any atom is -0.542 e. The molecule has 0 saturated carbocycles. The fourth-order valence-electron chi connectivity index (χ4n) is 5.19.